The van der Waals surface area contributed by atoms with Crippen LogP contribution in [0.2, 0.25) is 0 Å². The van der Waals surface area contributed by atoms with Gasteiger partial charge < -0.3 is 4.57 Å². The number of para-hydroxylation sites is 2. The molecule has 5 rings (SSSR count). The SMILES string of the molecule is Cn1c(Cc2ccccc2)nnc1SCC(=O)N1c2ccccc2CCc2ccccc21. The third-order valence-corrected chi connectivity index (χ3v) is 6.84. The van der Waals surface area contributed by atoms with E-state index < -0.39 is 0 Å². The molecule has 1 aromatic heterocycles. The van der Waals surface area contributed by atoms with Crippen molar-refractivity contribution in [2.75, 3.05) is 10.7 Å². The average molecular weight is 441 g/mol. The Hall–Kier alpha value is -3.38. The fourth-order valence-electron chi connectivity index (χ4n) is 4.14. The highest BCUT2D eigenvalue weighted by Gasteiger charge is 2.26. The van der Waals surface area contributed by atoms with E-state index in [9.17, 15) is 4.79 Å². The lowest BCUT2D eigenvalue weighted by atomic mass is 10.0. The van der Waals surface area contributed by atoms with Crippen LogP contribution in [0, 0.1) is 0 Å². The Kier molecular flexibility index (Phi) is 5.77. The standard InChI is InChI=1S/C26H24N4OS/c1-29-24(17-19-9-3-2-4-10-19)27-28-26(29)32-18-25(31)30-22-13-7-5-11-20(22)15-16-21-12-6-8-14-23(21)30/h2-14H,15-18H2,1H3. The smallest absolute Gasteiger partial charge is 0.242 e. The van der Waals surface area contributed by atoms with E-state index in [0.717, 1.165) is 35.2 Å². The summed E-state index contributed by atoms with van der Waals surface area (Å²) < 4.78 is 1.98. The highest BCUT2D eigenvalue weighted by atomic mass is 32.2. The van der Waals surface area contributed by atoms with Crippen molar-refractivity contribution in [1.29, 1.82) is 0 Å². The van der Waals surface area contributed by atoms with E-state index in [1.54, 1.807) is 0 Å². The topological polar surface area (TPSA) is 51.0 Å². The van der Waals surface area contributed by atoms with Gasteiger partial charge in [-0.15, -0.1) is 10.2 Å². The average Bonchev–Trinajstić information content (AvgIpc) is 3.07. The van der Waals surface area contributed by atoms with Gasteiger partial charge in [0.05, 0.1) is 17.1 Å². The van der Waals surface area contributed by atoms with E-state index in [1.807, 2.05) is 71.1 Å². The fraction of sp³-hybridized carbons (Fsp3) is 0.192. The molecule has 0 fully saturated rings. The number of aromatic nitrogens is 3. The lowest BCUT2D eigenvalue weighted by Gasteiger charge is -2.24. The number of aryl methyl sites for hydroxylation is 2. The number of carbonyl (C=O) groups is 1. The van der Waals surface area contributed by atoms with Crippen LogP contribution in [0.3, 0.4) is 0 Å². The molecule has 1 aliphatic heterocycles. The molecule has 32 heavy (non-hydrogen) atoms. The normalized spacial score (nSPS) is 12.7. The van der Waals surface area contributed by atoms with Crippen LogP contribution in [0.1, 0.15) is 22.5 Å². The third kappa shape index (κ3) is 4.06. The molecular weight excluding hydrogens is 416 g/mol. The second-order valence-electron chi connectivity index (χ2n) is 7.90. The van der Waals surface area contributed by atoms with E-state index in [-0.39, 0.29) is 5.91 Å². The van der Waals surface area contributed by atoms with E-state index in [4.69, 9.17) is 0 Å². The third-order valence-electron chi connectivity index (χ3n) is 5.83. The Morgan fingerprint density at radius 1 is 0.844 bits per heavy atom. The van der Waals surface area contributed by atoms with Crippen molar-refractivity contribution >= 4 is 29.0 Å². The Labute approximate surface area is 192 Å². The molecule has 0 saturated carbocycles. The van der Waals surface area contributed by atoms with Gasteiger partial charge in [-0.2, -0.15) is 0 Å². The molecule has 0 bridgehead atoms. The van der Waals surface area contributed by atoms with Crippen LogP contribution in [-0.2, 0) is 31.1 Å². The zero-order chi connectivity index (χ0) is 21.9. The van der Waals surface area contributed by atoms with Crippen LogP contribution in [-0.4, -0.2) is 26.4 Å². The van der Waals surface area contributed by atoms with E-state index >= 15 is 0 Å². The quantitative estimate of drug-likeness (QED) is 0.412. The van der Waals surface area contributed by atoms with Crippen molar-refractivity contribution in [2.24, 2.45) is 7.05 Å². The number of benzene rings is 3. The summed E-state index contributed by atoms with van der Waals surface area (Å²) in [6.07, 6.45) is 2.57. The summed E-state index contributed by atoms with van der Waals surface area (Å²) in [5.74, 6) is 1.22. The van der Waals surface area contributed by atoms with Gasteiger partial charge in [-0.3, -0.25) is 9.69 Å². The van der Waals surface area contributed by atoms with Gasteiger partial charge in [0, 0.05) is 13.5 Å². The van der Waals surface area contributed by atoms with Crippen LogP contribution < -0.4 is 4.90 Å². The van der Waals surface area contributed by atoms with Gasteiger partial charge in [-0.25, -0.2) is 0 Å². The Morgan fingerprint density at radius 2 is 1.44 bits per heavy atom. The Balaban J connectivity index is 1.37. The molecule has 1 amide bonds. The first-order valence-corrected chi connectivity index (χ1v) is 11.7. The van der Waals surface area contributed by atoms with Crippen LogP contribution in [0.4, 0.5) is 11.4 Å². The molecule has 0 spiro atoms. The first-order chi connectivity index (χ1) is 15.7. The van der Waals surface area contributed by atoms with Crippen molar-refractivity contribution in [3.63, 3.8) is 0 Å². The number of anilines is 2. The number of hydrogen-bond acceptors (Lipinski definition) is 4. The van der Waals surface area contributed by atoms with E-state index in [2.05, 4.69) is 34.5 Å². The van der Waals surface area contributed by atoms with Crippen molar-refractivity contribution in [3.8, 4) is 0 Å². The zero-order valence-corrected chi connectivity index (χ0v) is 18.8. The number of carbonyl (C=O) groups excluding carboxylic acids is 1. The van der Waals surface area contributed by atoms with E-state index in [0.29, 0.717) is 12.2 Å². The number of rotatable bonds is 5. The molecule has 160 valence electrons. The Bertz CT molecular complexity index is 1200. The predicted octanol–water partition coefficient (Wildman–Crippen LogP) is 4.96. The molecule has 0 N–H and O–H groups in total. The monoisotopic (exact) mass is 440 g/mol. The number of nitrogens with zero attached hydrogens (tertiary/aromatic N) is 4. The van der Waals surface area contributed by atoms with Crippen molar-refractivity contribution in [2.45, 2.75) is 24.4 Å². The minimum atomic E-state index is 0.0457. The van der Waals surface area contributed by atoms with Crippen molar-refractivity contribution < 1.29 is 4.79 Å². The maximum atomic E-state index is 13.5. The zero-order valence-electron chi connectivity index (χ0n) is 17.9. The van der Waals surface area contributed by atoms with Crippen LogP contribution in [0.5, 0.6) is 0 Å². The summed E-state index contributed by atoms with van der Waals surface area (Å²) >= 11 is 1.43. The summed E-state index contributed by atoms with van der Waals surface area (Å²) in [4.78, 5) is 15.4. The number of amides is 1. The molecule has 5 nitrogen and oxygen atoms in total. The number of fused-ring (bicyclic) bond motifs is 2. The lowest BCUT2D eigenvalue weighted by molar-refractivity contribution is -0.115. The van der Waals surface area contributed by atoms with Gasteiger partial charge in [-0.1, -0.05) is 78.5 Å². The molecule has 3 aromatic carbocycles. The highest BCUT2D eigenvalue weighted by Crippen LogP contribution is 2.36. The molecule has 0 atom stereocenters. The first-order valence-electron chi connectivity index (χ1n) is 10.7. The molecule has 0 saturated heterocycles. The largest absolute Gasteiger partial charge is 0.309 e. The minimum Gasteiger partial charge on any atom is -0.309 e. The van der Waals surface area contributed by atoms with Gasteiger partial charge >= 0.3 is 0 Å². The molecular formula is C26H24N4OS. The molecule has 2 heterocycles. The van der Waals surface area contributed by atoms with Crippen LogP contribution in [0.15, 0.2) is 84.0 Å². The summed E-state index contributed by atoms with van der Waals surface area (Å²) in [7, 11) is 1.96. The number of hydrogen-bond donors (Lipinski definition) is 0. The first kappa shape index (κ1) is 20.5. The maximum absolute atomic E-state index is 13.5. The summed E-state index contributed by atoms with van der Waals surface area (Å²) in [6.45, 7) is 0. The van der Waals surface area contributed by atoms with Gasteiger partial charge in [0.1, 0.15) is 5.82 Å². The van der Waals surface area contributed by atoms with Crippen LogP contribution >= 0.6 is 11.8 Å². The molecule has 1 aliphatic rings. The Morgan fingerprint density at radius 3 is 2.09 bits per heavy atom. The number of thioether (sulfide) groups is 1. The second kappa shape index (κ2) is 9.01. The molecule has 4 aromatic rings. The molecule has 6 heteroatoms. The molecule has 0 radical (unpaired) electrons. The van der Waals surface area contributed by atoms with Crippen molar-refractivity contribution in [3.05, 3.63) is 101 Å². The van der Waals surface area contributed by atoms with Gasteiger partial charge in [0.15, 0.2) is 5.16 Å². The predicted molar refractivity (Wildman–Crippen MR) is 128 cm³/mol. The highest BCUT2D eigenvalue weighted by molar-refractivity contribution is 7.99. The van der Waals surface area contributed by atoms with Crippen molar-refractivity contribution in [1.82, 2.24) is 14.8 Å². The maximum Gasteiger partial charge on any atom is 0.242 e. The second-order valence-corrected chi connectivity index (χ2v) is 8.84. The fourth-order valence-corrected chi connectivity index (χ4v) is 4.92. The molecule has 0 unspecified atom stereocenters. The summed E-state index contributed by atoms with van der Waals surface area (Å²) in [5.41, 5.74) is 5.54. The minimum absolute atomic E-state index is 0.0457. The summed E-state index contributed by atoms with van der Waals surface area (Å²) in [5, 5.41) is 9.45. The van der Waals surface area contributed by atoms with Gasteiger partial charge in [0.2, 0.25) is 5.91 Å². The van der Waals surface area contributed by atoms with Crippen LogP contribution in [0.25, 0.3) is 0 Å². The lowest BCUT2D eigenvalue weighted by Crippen LogP contribution is -2.28. The van der Waals surface area contributed by atoms with Gasteiger partial charge in [-0.05, 0) is 41.7 Å². The van der Waals surface area contributed by atoms with Gasteiger partial charge in [0.25, 0.3) is 0 Å². The summed E-state index contributed by atoms with van der Waals surface area (Å²) in [6, 6.07) is 26.6. The molecule has 0 aliphatic carbocycles. The van der Waals surface area contributed by atoms with E-state index in [1.165, 1.54) is 28.5 Å².